The highest BCUT2D eigenvalue weighted by Crippen LogP contribution is 2.21. The van der Waals surface area contributed by atoms with Crippen LogP contribution in [0.2, 0.25) is 0 Å². The fourth-order valence-electron chi connectivity index (χ4n) is 1.62. The zero-order chi connectivity index (χ0) is 12.3. The minimum absolute atomic E-state index is 0.185. The molecule has 2 aromatic rings. The number of rotatable bonds is 4. The third-order valence-electron chi connectivity index (χ3n) is 2.68. The summed E-state index contributed by atoms with van der Waals surface area (Å²) in [5.74, 6) is 1.35. The van der Waals surface area contributed by atoms with E-state index in [4.69, 9.17) is 10.3 Å². The quantitative estimate of drug-likeness (QED) is 0.870. The molecule has 2 aromatic heterocycles. The van der Waals surface area contributed by atoms with Crippen LogP contribution in [0.25, 0.3) is 11.5 Å². The molecule has 0 fully saturated rings. The van der Waals surface area contributed by atoms with E-state index >= 15 is 0 Å². The van der Waals surface area contributed by atoms with Crippen LogP contribution in [-0.4, -0.2) is 21.7 Å². The van der Waals surface area contributed by atoms with Gasteiger partial charge in [-0.05, 0) is 31.5 Å². The van der Waals surface area contributed by atoms with E-state index in [-0.39, 0.29) is 5.92 Å². The molecule has 5 heteroatoms. The minimum atomic E-state index is 0.185. The average Bonchev–Trinajstić information content (AvgIpc) is 2.79. The van der Waals surface area contributed by atoms with Gasteiger partial charge in [0.1, 0.15) is 5.69 Å². The topological polar surface area (TPSA) is 77.8 Å². The van der Waals surface area contributed by atoms with Crippen LogP contribution in [0.5, 0.6) is 0 Å². The maximum Gasteiger partial charge on any atom is 0.229 e. The van der Waals surface area contributed by atoms with Crippen molar-refractivity contribution in [1.82, 2.24) is 15.1 Å². The average molecular weight is 232 g/mol. The van der Waals surface area contributed by atoms with Crippen molar-refractivity contribution in [3.63, 3.8) is 0 Å². The van der Waals surface area contributed by atoms with Crippen molar-refractivity contribution in [2.75, 3.05) is 6.54 Å². The van der Waals surface area contributed by atoms with Crippen LogP contribution in [-0.2, 0) is 0 Å². The summed E-state index contributed by atoms with van der Waals surface area (Å²) >= 11 is 0. The second-order valence-electron chi connectivity index (χ2n) is 4.10. The van der Waals surface area contributed by atoms with E-state index in [1.807, 2.05) is 26.0 Å². The molecule has 0 radical (unpaired) electrons. The minimum Gasteiger partial charge on any atom is -0.339 e. The van der Waals surface area contributed by atoms with Crippen molar-refractivity contribution in [3.05, 3.63) is 29.8 Å². The van der Waals surface area contributed by atoms with Crippen molar-refractivity contribution in [2.24, 2.45) is 5.73 Å². The zero-order valence-corrected chi connectivity index (χ0v) is 10.1. The van der Waals surface area contributed by atoms with Gasteiger partial charge >= 0.3 is 0 Å². The van der Waals surface area contributed by atoms with E-state index in [0.717, 1.165) is 17.7 Å². The Bertz CT molecular complexity index is 495. The molecule has 0 aliphatic heterocycles. The van der Waals surface area contributed by atoms with Crippen LogP contribution in [0, 0.1) is 6.92 Å². The second-order valence-corrected chi connectivity index (χ2v) is 4.10. The first-order valence-corrected chi connectivity index (χ1v) is 5.68. The zero-order valence-electron chi connectivity index (χ0n) is 10.1. The molecule has 0 aliphatic rings. The maximum atomic E-state index is 5.51. The van der Waals surface area contributed by atoms with Crippen LogP contribution < -0.4 is 5.73 Å². The molecule has 1 atom stereocenters. The van der Waals surface area contributed by atoms with E-state index in [2.05, 4.69) is 15.1 Å². The van der Waals surface area contributed by atoms with E-state index in [1.165, 1.54) is 0 Å². The Labute approximate surface area is 100 Å². The van der Waals surface area contributed by atoms with E-state index in [0.29, 0.717) is 18.3 Å². The van der Waals surface area contributed by atoms with Crippen molar-refractivity contribution in [3.8, 4) is 11.5 Å². The Morgan fingerprint density at radius 2 is 2.29 bits per heavy atom. The summed E-state index contributed by atoms with van der Waals surface area (Å²) in [6.07, 6.45) is 2.56. The van der Waals surface area contributed by atoms with Gasteiger partial charge in [0.15, 0.2) is 0 Å². The van der Waals surface area contributed by atoms with Gasteiger partial charge in [0, 0.05) is 12.1 Å². The van der Waals surface area contributed by atoms with Crippen LogP contribution in [0.1, 0.15) is 30.7 Å². The maximum absolute atomic E-state index is 5.51. The normalized spacial score (nSPS) is 12.6. The van der Waals surface area contributed by atoms with Gasteiger partial charge in [0.25, 0.3) is 0 Å². The Hall–Kier alpha value is -1.75. The number of nitrogens with zero attached hydrogens (tertiary/aromatic N) is 3. The SMILES string of the molecule is Cc1cccnc1-c1noc(C(C)CCN)n1. The summed E-state index contributed by atoms with van der Waals surface area (Å²) < 4.78 is 5.23. The molecule has 5 nitrogen and oxygen atoms in total. The fraction of sp³-hybridized carbons (Fsp3) is 0.417. The van der Waals surface area contributed by atoms with Gasteiger partial charge in [-0.15, -0.1) is 0 Å². The van der Waals surface area contributed by atoms with Crippen LogP contribution in [0.3, 0.4) is 0 Å². The molecular weight excluding hydrogens is 216 g/mol. The van der Waals surface area contributed by atoms with Crippen LogP contribution >= 0.6 is 0 Å². The summed E-state index contributed by atoms with van der Waals surface area (Å²) in [6, 6.07) is 3.86. The molecule has 0 spiro atoms. The molecule has 90 valence electrons. The summed E-state index contributed by atoms with van der Waals surface area (Å²) in [6.45, 7) is 4.61. The molecule has 0 bridgehead atoms. The predicted octanol–water partition coefficient (Wildman–Crippen LogP) is 1.89. The Morgan fingerprint density at radius 3 is 3.00 bits per heavy atom. The molecule has 0 saturated carbocycles. The molecule has 1 unspecified atom stereocenters. The fourth-order valence-corrected chi connectivity index (χ4v) is 1.62. The molecule has 17 heavy (non-hydrogen) atoms. The lowest BCUT2D eigenvalue weighted by atomic mass is 10.1. The third kappa shape index (κ3) is 2.50. The molecule has 0 saturated heterocycles. The number of hydrogen-bond donors (Lipinski definition) is 1. The van der Waals surface area contributed by atoms with Gasteiger partial charge in [-0.25, -0.2) is 0 Å². The lowest BCUT2D eigenvalue weighted by molar-refractivity contribution is 0.355. The Kier molecular flexibility index (Phi) is 3.49. The first-order chi connectivity index (χ1) is 8.22. The summed E-state index contributed by atoms with van der Waals surface area (Å²) in [4.78, 5) is 8.62. The van der Waals surface area contributed by atoms with Gasteiger partial charge < -0.3 is 10.3 Å². The molecule has 0 amide bonds. The van der Waals surface area contributed by atoms with Crippen molar-refractivity contribution >= 4 is 0 Å². The van der Waals surface area contributed by atoms with Crippen molar-refractivity contribution in [2.45, 2.75) is 26.2 Å². The van der Waals surface area contributed by atoms with E-state index in [9.17, 15) is 0 Å². The number of aryl methyl sites for hydroxylation is 1. The first kappa shape index (κ1) is 11.7. The van der Waals surface area contributed by atoms with Crippen LogP contribution in [0.15, 0.2) is 22.9 Å². The molecule has 2 heterocycles. The number of hydrogen-bond acceptors (Lipinski definition) is 5. The number of aromatic nitrogens is 3. The molecular formula is C12H16N4O. The number of pyridine rings is 1. The Morgan fingerprint density at radius 1 is 1.47 bits per heavy atom. The summed E-state index contributed by atoms with van der Waals surface area (Å²) in [5, 5.41) is 3.96. The van der Waals surface area contributed by atoms with Crippen LogP contribution in [0.4, 0.5) is 0 Å². The highest BCUT2D eigenvalue weighted by Gasteiger charge is 2.16. The lowest BCUT2D eigenvalue weighted by Crippen LogP contribution is -2.04. The van der Waals surface area contributed by atoms with Gasteiger partial charge in [-0.1, -0.05) is 18.1 Å². The predicted molar refractivity (Wildman–Crippen MR) is 64.4 cm³/mol. The largest absolute Gasteiger partial charge is 0.339 e. The lowest BCUT2D eigenvalue weighted by Gasteiger charge is -2.01. The van der Waals surface area contributed by atoms with Gasteiger partial charge in [0.05, 0.1) is 0 Å². The van der Waals surface area contributed by atoms with Crippen molar-refractivity contribution < 1.29 is 4.52 Å². The highest BCUT2D eigenvalue weighted by molar-refractivity contribution is 5.53. The van der Waals surface area contributed by atoms with E-state index < -0.39 is 0 Å². The first-order valence-electron chi connectivity index (χ1n) is 5.68. The smallest absolute Gasteiger partial charge is 0.229 e. The molecule has 0 aliphatic carbocycles. The molecule has 2 rings (SSSR count). The van der Waals surface area contributed by atoms with E-state index in [1.54, 1.807) is 6.20 Å². The molecule has 0 aromatic carbocycles. The van der Waals surface area contributed by atoms with Gasteiger partial charge in [0.2, 0.25) is 11.7 Å². The van der Waals surface area contributed by atoms with Gasteiger partial charge in [-0.2, -0.15) is 4.98 Å². The number of nitrogens with two attached hydrogens (primary N) is 1. The summed E-state index contributed by atoms with van der Waals surface area (Å²) in [7, 11) is 0. The standard InChI is InChI=1S/C12H16N4O/c1-8-4-3-7-14-10(8)11-15-12(17-16-11)9(2)5-6-13/h3-4,7,9H,5-6,13H2,1-2H3. The second kappa shape index (κ2) is 5.05. The monoisotopic (exact) mass is 232 g/mol. The highest BCUT2D eigenvalue weighted by atomic mass is 16.5. The third-order valence-corrected chi connectivity index (χ3v) is 2.68. The Balaban J connectivity index is 2.27. The van der Waals surface area contributed by atoms with Gasteiger partial charge in [-0.3, -0.25) is 4.98 Å². The molecule has 2 N–H and O–H groups in total. The van der Waals surface area contributed by atoms with Crippen molar-refractivity contribution in [1.29, 1.82) is 0 Å². The summed E-state index contributed by atoms with van der Waals surface area (Å²) in [5.41, 5.74) is 7.31.